The van der Waals surface area contributed by atoms with Gasteiger partial charge in [0.25, 0.3) is 11.8 Å². The van der Waals surface area contributed by atoms with Gasteiger partial charge in [-0.3, -0.25) is 24.1 Å². The zero-order chi connectivity index (χ0) is 27.7. The van der Waals surface area contributed by atoms with Crippen LogP contribution < -0.4 is 11.2 Å². The first-order valence-electron chi connectivity index (χ1n) is 13.2. The van der Waals surface area contributed by atoms with Crippen LogP contribution in [0.2, 0.25) is 0 Å². The van der Waals surface area contributed by atoms with Crippen molar-refractivity contribution in [3.8, 4) is 0 Å². The summed E-state index contributed by atoms with van der Waals surface area (Å²) in [5.74, 6) is -4.20. The normalized spacial score (nSPS) is 29.2. The lowest BCUT2D eigenvalue weighted by Gasteiger charge is -2.42. The molecule has 2 bridgehead atoms. The van der Waals surface area contributed by atoms with Crippen LogP contribution in [0, 0.1) is 17.5 Å². The van der Waals surface area contributed by atoms with Gasteiger partial charge in [-0.05, 0) is 32.6 Å². The number of nitrogens with two attached hydrogens (primary N) is 1. The first-order chi connectivity index (χ1) is 18.5. The predicted octanol–water partition coefficient (Wildman–Crippen LogP) is 2.54. The molecule has 0 aliphatic carbocycles. The Balaban J connectivity index is 1.47. The van der Waals surface area contributed by atoms with E-state index >= 15 is 0 Å². The molecule has 1 aromatic heterocycles. The van der Waals surface area contributed by atoms with E-state index in [9.17, 15) is 27.6 Å². The summed E-state index contributed by atoms with van der Waals surface area (Å²) in [6.07, 6.45) is 4.83. The Kier molecular flexibility index (Phi) is 6.12. The number of carbonyl (C=O) groups is 2. The highest BCUT2D eigenvalue weighted by atomic mass is 19.1. The fraction of sp³-hybridized carbons (Fsp3) is 0.519. The van der Waals surface area contributed by atoms with Crippen LogP contribution in [-0.4, -0.2) is 68.7 Å². The smallest absolute Gasteiger partial charge is 0.270 e. The van der Waals surface area contributed by atoms with E-state index in [1.54, 1.807) is 14.5 Å². The number of hydrogen-bond acceptors (Lipinski definition) is 6. The van der Waals surface area contributed by atoms with Crippen LogP contribution in [0.1, 0.15) is 71.5 Å². The van der Waals surface area contributed by atoms with Gasteiger partial charge in [-0.1, -0.05) is 0 Å². The minimum Gasteiger partial charge on any atom is -0.365 e. The second-order valence-corrected chi connectivity index (χ2v) is 11.2. The van der Waals surface area contributed by atoms with Crippen LogP contribution in [0.15, 0.2) is 29.2 Å². The van der Waals surface area contributed by atoms with Crippen molar-refractivity contribution in [2.75, 3.05) is 26.2 Å². The molecular weight excluding hydrogens is 515 g/mol. The molecular formula is C27H30F3N5O4. The number of carbonyl (C=O) groups excluding carboxylic acids is 2. The molecule has 0 radical (unpaired) electrons. The first kappa shape index (κ1) is 26.0. The summed E-state index contributed by atoms with van der Waals surface area (Å²) in [7, 11) is 0. The van der Waals surface area contributed by atoms with Crippen molar-refractivity contribution in [2.24, 2.45) is 5.73 Å². The SMILES string of the molecule is CC1(N2CCCC2)CC2(CCCN3CC2n2cc(C(N)=O)c(=O)cc2C3=O)ON1Cc1c(F)cc(F)cc1F. The van der Waals surface area contributed by atoms with E-state index in [0.717, 1.165) is 32.0 Å². The fourth-order valence-electron chi connectivity index (χ4n) is 6.91. The number of halogens is 3. The minimum absolute atomic E-state index is 0.142. The Morgan fingerprint density at radius 2 is 1.77 bits per heavy atom. The summed E-state index contributed by atoms with van der Waals surface area (Å²) in [5.41, 5.74) is 2.75. The third-order valence-electron chi connectivity index (χ3n) is 8.87. The lowest BCUT2D eigenvalue weighted by molar-refractivity contribution is -0.259. The number of benzene rings is 1. The number of hydrogen-bond donors (Lipinski definition) is 1. The molecule has 3 saturated heterocycles. The lowest BCUT2D eigenvalue weighted by Crippen LogP contribution is -2.54. The average Bonchev–Trinajstić information content (AvgIpc) is 3.47. The molecule has 208 valence electrons. The maximum Gasteiger partial charge on any atom is 0.270 e. The standard InChI is InChI=1S/C27H30F3N5O4/c1-26(33-7-2-3-8-33)15-27(39-35(26)13-17-19(29)9-16(28)10-20(17)30)5-4-6-32-14-23(27)34-12-18(24(31)37)22(36)11-21(34)25(32)38/h9-12,23H,2-8,13-15H2,1H3,(H2,31,37). The molecule has 9 nitrogen and oxygen atoms in total. The molecule has 0 saturated carbocycles. The van der Waals surface area contributed by atoms with Crippen molar-refractivity contribution in [3.63, 3.8) is 0 Å². The molecule has 2 amide bonds. The number of nitrogens with zero attached hydrogens (tertiary/aromatic N) is 4. The molecule has 2 N–H and O–H groups in total. The number of likely N-dealkylation sites (tertiary alicyclic amines) is 1. The van der Waals surface area contributed by atoms with Crippen molar-refractivity contribution in [2.45, 2.75) is 62.9 Å². The highest BCUT2D eigenvalue weighted by molar-refractivity contribution is 5.96. The molecule has 3 fully saturated rings. The van der Waals surface area contributed by atoms with Crippen LogP contribution >= 0.6 is 0 Å². The molecule has 39 heavy (non-hydrogen) atoms. The van der Waals surface area contributed by atoms with Crippen LogP contribution in [-0.2, 0) is 11.4 Å². The first-order valence-corrected chi connectivity index (χ1v) is 13.2. The number of primary amides is 1. The number of aromatic nitrogens is 1. The van der Waals surface area contributed by atoms with Crippen molar-refractivity contribution < 1.29 is 27.6 Å². The van der Waals surface area contributed by atoms with Gasteiger partial charge in [0.2, 0.25) is 0 Å². The Morgan fingerprint density at radius 1 is 1.08 bits per heavy atom. The van der Waals surface area contributed by atoms with Gasteiger partial charge in [-0.15, -0.1) is 0 Å². The third kappa shape index (κ3) is 4.07. The van der Waals surface area contributed by atoms with Crippen molar-refractivity contribution in [1.82, 2.24) is 19.4 Å². The summed E-state index contributed by atoms with van der Waals surface area (Å²) in [6, 6.07) is 1.97. The maximum absolute atomic E-state index is 14.8. The molecule has 2 aromatic rings. The minimum atomic E-state index is -0.999. The van der Waals surface area contributed by atoms with Gasteiger partial charge in [0, 0.05) is 62.6 Å². The van der Waals surface area contributed by atoms with Crippen LogP contribution in [0.4, 0.5) is 13.2 Å². The van der Waals surface area contributed by atoms with Gasteiger partial charge in [-0.25, -0.2) is 13.2 Å². The Bertz CT molecular complexity index is 1400. The Morgan fingerprint density at radius 3 is 2.44 bits per heavy atom. The summed E-state index contributed by atoms with van der Waals surface area (Å²) >= 11 is 0. The van der Waals surface area contributed by atoms with Crippen molar-refractivity contribution in [1.29, 1.82) is 0 Å². The average molecular weight is 546 g/mol. The van der Waals surface area contributed by atoms with Crippen molar-refractivity contribution >= 4 is 11.8 Å². The Hall–Kier alpha value is -3.22. The number of amides is 2. The van der Waals surface area contributed by atoms with Gasteiger partial charge in [0.05, 0.1) is 18.2 Å². The van der Waals surface area contributed by atoms with Crippen LogP contribution in [0.3, 0.4) is 0 Å². The van der Waals surface area contributed by atoms with E-state index in [1.165, 1.54) is 6.20 Å². The van der Waals surface area contributed by atoms with E-state index in [2.05, 4.69) is 4.90 Å². The van der Waals surface area contributed by atoms with Gasteiger partial charge in [-0.2, -0.15) is 5.06 Å². The molecule has 6 rings (SSSR count). The van der Waals surface area contributed by atoms with Gasteiger partial charge < -0.3 is 15.2 Å². The Labute approximate surface area is 222 Å². The van der Waals surface area contributed by atoms with Gasteiger partial charge in [0.15, 0.2) is 5.43 Å². The largest absolute Gasteiger partial charge is 0.365 e. The van der Waals surface area contributed by atoms with Gasteiger partial charge >= 0.3 is 0 Å². The molecule has 4 aliphatic heterocycles. The summed E-state index contributed by atoms with van der Waals surface area (Å²) < 4.78 is 44.9. The molecule has 1 spiro atoms. The molecule has 12 heteroatoms. The highest BCUT2D eigenvalue weighted by Gasteiger charge is 2.61. The lowest BCUT2D eigenvalue weighted by atomic mass is 9.81. The third-order valence-corrected chi connectivity index (χ3v) is 8.87. The number of pyridine rings is 1. The van der Waals surface area contributed by atoms with Crippen molar-refractivity contribution in [3.05, 3.63) is 68.9 Å². The number of rotatable bonds is 4. The summed E-state index contributed by atoms with van der Waals surface area (Å²) in [4.78, 5) is 48.5. The second kappa shape index (κ2) is 9.17. The monoisotopic (exact) mass is 545 g/mol. The molecule has 4 aliphatic rings. The quantitative estimate of drug-likeness (QED) is 0.634. The van der Waals surface area contributed by atoms with E-state index in [1.807, 2.05) is 6.92 Å². The fourth-order valence-corrected chi connectivity index (χ4v) is 6.91. The molecule has 1 aromatic carbocycles. The van der Waals surface area contributed by atoms with Gasteiger partial charge in [0.1, 0.15) is 34.3 Å². The molecule has 5 heterocycles. The predicted molar refractivity (Wildman–Crippen MR) is 133 cm³/mol. The van der Waals surface area contributed by atoms with E-state index in [0.29, 0.717) is 37.9 Å². The zero-order valence-electron chi connectivity index (χ0n) is 21.6. The zero-order valence-corrected chi connectivity index (χ0v) is 21.6. The number of hydroxylamine groups is 2. The highest BCUT2D eigenvalue weighted by Crippen LogP contribution is 2.52. The summed E-state index contributed by atoms with van der Waals surface area (Å²) in [6.45, 7) is 3.98. The number of fused-ring (bicyclic) bond motifs is 5. The van der Waals surface area contributed by atoms with E-state index < -0.39 is 46.1 Å². The summed E-state index contributed by atoms with van der Waals surface area (Å²) in [5, 5.41) is 1.60. The second-order valence-electron chi connectivity index (χ2n) is 11.2. The topological polar surface area (TPSA) is 101 Å². The molecule has 3 unspecified atom stereocenters. The van der Waals surface area contributed by atoms with E-state index in [-0.39, 0.29) is 35.8 Å². The van der Waals surface area contributed by atoms with Crippen LogP contribution in [0.25, 0.3) is 0 Å². The van der Waals surface area contributed by atoms with E-state index in [4.69, 9.17) is 10.6 Å². The van der Waals surface area contributed by atoms with Crippen LogP contribution in [0.5, 0.6) is 0 Å². The molecule has 3 atom stereocenters. The maximum atomic E-state index is 14.8.